The van der Waals surface area contributed by atoms with Crippen molar-refractivity contribution in [2.45, 2.75) is 25.8 Å². The molecule has 0 saturated heterocycles. The Morgan fingerprint density at radius 1 is 1.53 bits per heavy atom. The third-order valence-electron chi connectivity index (χ3n) is 2.36. The van der Waals surface area contributed by atoms with Crippen LogP contribution in [0.25, 0.3) is 0 Å². The van der Waals surface area contributed by atoms with Crippen molar-refractivity contribution in [1.82, 2.24) is 5.32 Å². The number of amides is 1. The van der Waals surface area contributed by atoms with Gasteiger partial charge in [0.1, 0.15) is 5.82 Å². The van der Waals surface area contributed by atoms with E-state index in [1.54, 1.807) is 0 Å². The molecule has 1 amide bonds. The van der Waals surface area contributed by atoms with Gasteiger partial charge in [-0.15, -0.1) is 0 Å². The fourth-order valence-corrected chi connectivity index (χ4v) is 1.92. The van der Waals surface area contributed by atoms with E-state index in [-0.39, 0.29) is 12.5 Å². The molecule has 0 aromatic heterocycles. The zero-order valence-corrected chi connectivity index (χ0v) is 11.3. The second kappa shape index (κ2) is 5.60. The third kappa shape index (κ3) is 4.09. The molecule has 0 unspecified atom stereocenters. The minimum absolute atomic E-state index is 0.00212. The van der Waals surface area contributed by atoms with E-state index in [9.17, 15) is 9.18 Å². The number of hydrogen-bond donors (Lipinski definition) is 2. The van der Waals surface area contributed by atoms with E-state index >= 15 is 0 Å². The number of nitrogens with one attached hydrogen (secondary N) is 1. The lowest BCUT2D eigenvalue weighted by Gasteiger charge is -2.25. The van der Waals surface area contributed by atoms with Gasteiger partial charge in [-0.2, -0.15) is 0 Å². The van der Waals surface area contributed by atoms with Gasteiger partial charge >= 0.3 is 0 Å². The SMILES string of the molecule is CC(C)(CCO)NC(=O)c1ccc(F)cc1Br. The van der Waals surface area contributed by atoms with Crippen LogP contribution in [0.15, 0.2) is 22.7 Å². The number of rotatable bonds is 4. The summed E-state index contributed by atoms with van der Waals surface area (Å²) in [5.74, 6) is -0.696. The monoisotopic (exact) mass is 303 g/mol. The Balaban J connectivity index is 2.83. The number of carbonyl (C=O) groups is 1. The standard InChI is InChI=1S/C12H15BrFNO2/c1-12(2,5-6-16)15-11(17)9-4-3-8(14)7-10(9)13/h3-4,7,16H,5-6H2,1-2H3,(H,15,17). The molecule has 0 saturated carbocycles. The number of benzene rings is 1. The molecular weight excluding hydrogens is 289 g/mol. The molecule has 0 atom stereocenters. The van der Waals surface area contributed by atoms with Crippen LogP contribution in [0.2, 0.25) is 0 Å². The van der Waals surface area contributed by atoms with E-state index in [2.05, 4.69) is 21.2 Å². The third-order valence-corrected chi connectivity index (χ3v) is 3.02. The number of hydrogen-bond acceptors (Lipinski definition) is 2. The highest BCUT2D eigenvalue weighted by Crippen LogP contribution is 2.19. The van der Waals surface area contributed by atoms with Crippen molar-refractivity contribution >= 4 is 21.8 Å². The molecule has 0 spiro atoms. The molecule has 0 aliphatic heterocycles. The largest absolute Gasteiger partial charge is 0.396 e. The first-order valence-corrected chi connectivity index (χ1v) is 6.03. The van der Waals surface area contributed by atoms with Crippen LogP contribution in [0.4, 0.5) is 4.39 Å². The normalized spacial score (nSPS) is 11.4. The first kappa shape index (κ1) is 14.1. The molecule has 3 nitrogen and oxygen atoms in total. The van der Waals surface area contributed by atoms with E-state index in [0.29, 0.717) is 16.5 Å². The molecular formula is C12H15BrFNO2. The van der Waals surface area contributed by atoms with Crippen LogP contribution in [0.1, 0.15) is 30.6 Å². The summed E-state index contributed by atoms with van der Waals surface area (Å²) in [4.78, 5) is 11.9. The Labute approximate surface area is 108 Å². The predicted molar refractivity (Wildman–Crippen MR) is 67.3 cm³/mol. The number of aliphatic hydroxyl groups is 1. The lowest BCUT2D eigenvalue weighted by atomic mass is 10.0. The molecule has 94 valence electrons. The summed E-state index contributed by atoms with van der Waals surface area (Å²) < 4.78 is 13.3. The van der Waals surface area contributed by atoms with Gasteiger partial charge in [0, 0.05) is 16.6 Å². The van der Waals surface area contributed by atoms with Crippen molar-refractivity contribution < 1.29 is 14.3 Å². The summed E-state index contributed by atoms with van der Waals surface area (Å²) in [6.07, 6.45) is 0.456. The van der Waals surface area contributed by atoms with Crippen LogP contribution in [0, 0.1) is 5.82 Å². The van der Waals surface area contributed by atoms with Crippen molar-refractivity contribution in [3.8, 4) is 0 Å². The molecule has 17 heavy (non-hydrogen) atoms. The van der Waals surface area contributed by atoms with Gasteiger partial charge < -0.3 is 10.4 Å². The van der Waals surface area contributed by atoms with Gasteiger partial charge in [0.2, 0.25) is 0 Å². The van der Waals surface area contributed by atoms with E-state index in [0.717, 1.165) is 0 Å². The molecule has 0 aliphatic carbocycles. The molecule has 0 heterocycles. The van der Waals surface area contributed by atoms with Gasteiger partial charge in [0.25, 0.3) is 5.91 Å². The molecule has 1 aromatic rings. The molecule has 5 heteroatoms. The van der Waals surface area contributed by atoms with E-state index < -0.39 is 11.4 Å². The smallest absolute Gasteiger partial charge is 0.252 e. The number of halogens is 2. The van der Waals surface area contributed by atoms with Crippen molar-refractivity contribution in [2.75, 3.05) is 6.61 Å². The molecule has 0 aliphatic rings. The highest BCUT2D eigenvalue weighted by Gasteiger charge is 2.21. The Morgan fingerprint density at radius 2 is 2.18 bits per heavy atom. The van der Waals surface area contributed by atoms with Crippen LogP contribution < -0.4 is 5.32 Å². The van der Waals surface area contributed by atoms with Gasteiger partial charge in [-0.05, 0) is 54.4 Å². The van der Waals surface area contributed by atoms with Crippen molar-refractivity contribution in [1.29, 1.82) is 0 Å². The minimum atomic E-state index is -0.500. The Kier molecular flexibility index (Phi) is 4.65. The van der Waals surface area contributed by atoms with Crippen LogP contribution in [-0.2, 0) is 0 Å². The van der Waals surface area contributed by atoms with Crippen molar-refractivity contribution in [3.63, 3.8) is 0 Å². The summed E-state index contributed by atoms with van der Waals surface area (Å²) in [6.45, 7) is 3.63. The lowest BCUT2D eigenvalue weighted by molar-refractivity contribution is 0.0898. The van der Waals surface area contributed by atoms with E-state index in [1.807, 2.05) is 13.8 Å². The Morgan fingerprint density at radius 3 is 2.71 bits per heavy atom. The van der Waals surface area contributed by atoms with Gasteiger partial charge in [0.15, 0.2) is 0 Å². The van der Waals surface area contributed by atoms with Gasteiger partial charge in [0.05, 0.1) is 5.56 Å². The lowest BCUT2D eigenvalue weighted by Crippen LogP contribution is -2.44. The molecule has 2 N–H and O–H groups in total. The van der Waals surface area contributed by atoms with Crippen molar-refractivity contribution in [3.05, 3.63) is 34.1 Å². The van der Waals surface area contributed by atoms with Crippen LogP contribution in [0.3, 0.4) is 0 Å². The molecule has 0 radical (unpaired) electrons. The average Bonchev–Trinajstić information content (AvgIpc) is 2.15. The minimum Gasteiger partial charge on any atom is -0.396 e. The predicted octanol–water partition coefficient (Wildman–Crippen LogP) is 2.48. The van der Waals surface area contributed by atoms with Crippen LogP contribution in [-0.4, -0.2) is 23.2 Å². The first-order valence-electron chi connectivity index (χ1n) is 5.24. The number of carbonyl (C=O) groups excluding carboxylic acids is 1. The maximum absolute atomic E-state index is 12.9. The Bertz CT molecular complexity index is 421. The van der Waals surface area contributed by atoms with Gasteiger partial charge in [-0.1, -0.05) is 0 Å². The highest BCUT2D eigenvalue weighted by molar-refractivity contribution is 9.10. The van der Waals surface area contributed by atoms with E-state index in [1.165, 1.54) is 18.2 Å². The second-order valence-electron chi connectivity index (χ2n) is 4.44. The molecule has 0 bridgehead atoms. The van der Waals surface area contributed by atoms with Crippen LogP contribution in [0.5, 0.6) is 0 Å². The second-order valence-corrected chi connectivity index (χ2v) is 5.29. The molecule has 0 fully saturated rings. The fraction of sp³-hybridized carbons (Fsp3) is 0.417. The van der Waals surface area contributed by atoms with Crippen molar-refractivity contribution in [2.24, 2.45) is 0 Å². The summed E-state index contributed by atoms with van der Waals surface area (Å²) in [5.41, 5.74) is -0.128. The number of aliphatic hydroxyl groups excluding tert-OH is 1. The zero-order chi connectivity index (χ0) is 13.1. The topological polar surface area (TPSA) is 49.3 Å². The fourth-order valence-electron chi connectivity index (χ4n) is 1.39. The summed E-state index contributed by atoms with van der Waals surface area (Å²) in [7, 11) is 0. The van der Waals surface area contributed by atoms with Gasteiger partial charge in [-0.25, -0.2) is 4.39 Å². The quantitative estimate of drug-likeness (QED) is 0.898. The molecule has 1 rings (SSSR count). The summed E-state index contributed by atoms with van der Waals surface area (Å²) in [6, 6.07) is 3.90. The first-order chi connectivity index (χ1) is 7.85. The summed E-state index contributed by atoms with van der Waals surface area (Å²) >= 11 is 3.14. The maximum atomic E-state index is 12.9. The maximum Gasteiger partial charge on any atom is 0.252 e. The van der Waals surface area contributed by atoms with E-state index in [4.69, 9.17) is 5.11 Å². The molecule has 1 aromatic carbocycles. The average molecular weight is 304 g/mol. The summed E-state index contributed by atoms with van der Waals surface area (Å²) in [5, 5.41) is 11.6. The van der Waals surface area contributed by atoms with Crippen LogP contribution >= 0.6 is 15.9 Å². The Hall–Kier alpha value is -0.940. The highest BCUT2D eigenvalue weighted by atomic mass is 79.9. The van der Waals surface area contributed by atoms with Gasteiger partial charge in [-0.3, -0.25) is 4.79 Å². The zero-order valence-electron chi connectivity index (χ0n) is 9.76.